The molecule has 0 radical (unpaired) electrons. The van der Waals surface area contributed by atoms with Crippen LogP contribution in [0.15, 0.2) is 12.7 Å². The maximum Gasteiger partial charge on any atom is 0.109 e. The highest BCUT2D eigenvalue weighted by Gasteiger charge is 2.77. The van der Waals surface area contributed by atoms with Crippen LogP contribution < -0.4 is 22.9 Å². The van der Waals surface area contributed by atoms with Crippen LogP contribution in [-0.2, 0) is 0 Å². The molecule has 10 heavy (non-hydrogen) atoms. The molecular formula is C6H14N4. The molecule has 0 bridgehead atoms. The van der Waals surface area contributed by atoms with Crippen LogP contribution in [0, 0.1) is 5.41 Å². The Morgan fingerprint density at radius 3 is 1.40 bits per heavy atom. The molecule has 0 aliphatic heterocycles. The highest BCUT2D eigenvalue weighted by Crippen LogP contribution is 2.55. The Bertz CT molecular complexity index is 168. The van der Waals surface area contributed by atoms with Crippen LogP contribution in [0.2, 0.25) is 0 Å². The van der Waals surface area contributed by atoms with Crippen molar-refractivity contribution in [2.75, 3.05) is 0 Å². The van der Waals surface area contributed by atoms with Gasteiger partial charge in [-0.15, -0.1) is 6.58 Å². The Kier molecular flexibility index (Phi) is 1.10. The zero-order chi connectivity index (χ0) is 8.21. The summed E-state index contributed by atoms with van der Waals surface area (Å²) in [6.45, 7) is 5.36. The number of rotatable bonds is 1. The second-order valence-electron chi connectivity index (χ2n) is 3.14. The van der Waals surface area contributed by atoms with Crippen LogP contribution >= 0.6 is 0 Å². The molecule has 1 aliphatic rings. The average Bonchev–Trinajstić information content (AvgIpc) is 2.11. The summed E-state index contributed by atoms with van der Waals surface area (Å²) in [5.74, 6) is 0. The number of nitrogens with two attached hydrogens (primary N) is 4. The molecule has 0 amide bonds. The molecule has 0 aromatic heterocycles. The largest absolute Gasteiger partial charge is 0.310 e. The third-order valence-electron chi connectivity index (χ3n) is 2.75. The highest BCUT2D eigenvalue weighted by atomic mass is 15.3. The fourth-order valence-electron chi connectivity index (χ4n) is 1.20. The minimum absolute atomic E-state index is 0.542. The van der Waals surface area contributed by atoms with Crippen molar-refractivity contribution in [1.82, 2.24) is 0 Å². The highest BCUT2D eigenvalue weighted by molar-refractivity contribution is 5.39. The van der Waals surface area contributed by atoms with Crippen molar-refractivity contribution >= 4 is 0 Å². The summed E-state index contributed by atoms with van der Waals surface area (Å²) in [4.78, 5) is 0. The number of hydrogen-bond acceptors (Lipinski definition) is 4. The van der Waals surface area contributed by atoms with Gasteiger partial charge in [0.05, 0.1) is 5.41 Å². The molecule has 58 valence electrons. The molecule has 0 saturated heterocycles. The van der Waals surface area contributed by atoms with Gasteiger partial charge < -0.3 is 22.9 Å². The lowest BCUT2D eigenvalue weighted by molar-refractivity contribution is 0.559. The molecule has 0 spiro atoms. The normalized spacial score (nSPS) is 31.3. The van der Waals surface area contributed by atoms with E-state index < -0.39 is 16.7 Å². The lowest BCUT2D eigenvalue weighted by Crippen LogP contribution is -2.53. The summed E-state index contributed by atoms with van der Waals surface area (Å²) in [6, 6.07) is 0. The summed E-state index contributed by atoms with van der Waals surface area (Å²) >= 11 is 0. The summed E-state index contributed by atoms with van der Waals surface area (Å²) < 4.78 is 0. The van der Waals surface area contributed by atoms with Gasteiger partial charge in [-0.3, -0.25) is 0 Å². The molecule has 0 heterocycles. The molecule has 1 aliphatic carbocycles. The molecule has 8 N–H and O–H groups in total. The fraction of sp³-hybridized carbons (Fsp3) is 0.667. The molecule has 4 heteroatoms. The van der Waals surface area contributed by atoms with Crippen LogP contribution in [0.25, 0.3) is 0 Å². The molecule has 0 unspecified atom stereocenters. The molecule has 0 aromatic carbocycles. The van der Waals surface area contributed by atoms with Crippen molar-refractivity contribution in [2.24, 2.45) is 28.3 Å². The van der Waals surface area contributed by atoms with E-state index in [0.29, 0.717) is 0 Å². The van der Waals surface area contributed by atoms with Gasteiger partial charge in [0, 0.05) is 0 Å². The third kappa shape index (κ3) is 0.431. The van der Waals surface area contributed by atoms with E-state index in [-0.39, 0.29) is 0 Å². The second kappa shape index (κ2) is 1.43. The Labute approximate surface area is 60.2 Å². The van der Waals surface area contributed by atoms with Gasteiger partial charge in [0.1, 0.15) is 11.3 Å². The Balaban J connectivity index is 3.00. The molecule has 4 nitrogen and oxygen atoms in total. The van der Waals surface area contributed by atoms with Crippen LogP contribution in [0.4, 0.5) is 0 Å². The summed E-state index contributed by atoms with van der Waals surface area (Å²) in [5, 5.41) is 0. The van der Waals surface area contributed by atoms with Crippen LogP contribution in [-0.4, -0.2) is 11.3 Å². The topological polar surface area (TPSA) is 104 Å². The lowest BCUT2D eigenvalue weighted by atomic mass is 10.1. The van der Waals surface area contributed by atoms with Crippen LogP contribution in [0.3, 0.4) is 0 Å². The van der Waals surface area contributed by atoms with Crippen molar-refractivity contribution in [1.29, 1.82) is 0 Å². The molecule has 1 saturated carbocycles. The first-order valence-corrected chi connectivity index (χ1v) is 3.10. The van der Waals surface area contributed by atoms with Gasteiger partial charge in [-0.2, -0.15) is 0 Å². The molecule has 0 aromatic rings. The molecule has 1 fully saturated rings. The van der Waals surface area contributed by atoms with Crippen LogP contribution in [0.5, 0.6) is 0 Å². The van der Waals surface area contributed by atoms with Gasteiger partial charge in [0.2, 0.25) is 0 Å². The third-order valence-corrected chi connectivity index (χ3v) is 2.75. The summed E-state index contributed by atoms with van der Waals surface area (Å²) in [5.41, 5.74) is 19.8. The van der Waals surface area contributed by atoms with E-state index >= 15 is 0 Å². The number of hydrogen-bond donors (Lipinski definition) is 4. The Morgan fingerprint density at radius 1 is 1.10 bits per heavy atom. The minimum Gasteiger partial charge on any atom is -0.310 e. The van der Waals surface area contributed by atoms with Gasteiger partial charge in [-0.25, -0.2) is 0 Å². The van der Waals surface area contributed by atoms with Crippen molar-refractivity contribution in [3.05, 3.63) is 12.7 Å². The van der Waals surface area contributed by atoms with E-state index in [9.17, 15) is 0 Å². The molecule has 1 rings (SSSR count). The van der Waals surface area contributed by atoms with Crippen molar-refractivity contribution in [3.8, 4) is 0 Å². The van der Waals surface area contributed by atoms with Gasteiger partial charge in [-0.05, 0) is 6.92 Å². The van der Waals surface area contributed by atoms with Gasteiger partial charge in [0.15, 0.2) is 0 Å². The zero-order valence-electron chi connectivity index (χ0n) is 6.09. The van der Waals surface area contributed by atoms with E-state index in [4.69, 9.17) is 22.9 Å². The average molecular weight is 142 g/mol. The standard InChI is InChI=1S/C6H14N4/c1-3-4(2)5(7,8)6(4,9)10/h3H,1,7-10H2,2H3. The Morgan fingerprint density at radius 2 is 1.40 bits per heavy atom. The first-order valence-electron chi connectivity index (χ1n) is 3.10. The van der Waals surface area contributed by atoms with E-state index in [1.54, 1.807) is 13.0 Å². The lowest BCUT2D eigenvalue weighted by Gasteiger charge is -2.04. The minimum atomic E-state index is -1.01. The predicted molar refractivity (Wildman–Crippen MR) is 40.5 cm³/mol. The van der Waals surface area contributed by atoms with Gasteiger partial charge in [0.25, 0.3) is 0 Å². The van der Waals surface area contributed by atoms with E-state index in [0.717, 1.165) is 0 Å². The van der Waals surface area contributed by atoms with Gasteiger partial charge >= 0.3 is 0 Å². The summed E-state index contributed by atoms with van der Waals surface area (Å²) in [6.07, 6.45) is 1.60. The zero-order valence-corrected chi connectivity index (χ0v) is 6.09. The van der Waals surface area contributed by atoms with Gasteiger partial charge in [-0.1, -0.05) is 6.08 Å². The van der Waals surface area contributed by atoms with E-state index in [1.807, 2.05) is 0 Å². The summed E-state index contributed by atoms with van der Waals surface area (Å²) in [7, 11) is 0. The smallest absolute Gasteiger partial charge is 0.109 e. The second-order valence-corrected chi connectivity index (χ2v) is 3.14. The van der Waals surface area contributed by atoms with Crippen molar-refractivity contribution < 1.29 is 0 Å². The fourth-order valence-corrected chi connectivity index (χ4v) is 1.20. The van der Waals surface area contributed by atoms with Crippen molar-refractivity contribution in [3.63, 3.8) is 0 Å². The SMILES string of the molecule is C=CC1(C)C(N)(N)C1(N)N. The Hall–Kier alpha value is -0.420. The molecular weight excluding hydrogens is 128 g/mol. The first kappa shape index (κ1) is 7.68. The maximum atomic E-state index is 5.59. The molecule has 0 atom stereocenters. The van der Waals surface area contributed by atoms with Crippen molar-refractivity contribution in [2.45, 2.75) is 18.2 Å². The van der Waals surface area contributed by atoms with E-state index in [2.05, 4.69) is 6.58 Å². The quantitative estimate of drug-likeness (QED) is 0.262. The maximum absolute atomic E-state index is 5.59. The monoisotopic (exact) mass is 142 g/mol. The first-order chi connectivity index (χ1) is 4.31. The van der Waals surface area contributed by atoms with Crippen LogP contribution in [0.1, 0.15) is 6.92 Å². The van der Waals surface area contributed by atoms with E-state index in [1.165, 1.54) is 0 Å². The predicted octanol–water partition coefficient (Wildman–Crippen LogP) is -1.58.